The van der Waals surface area contributed by atoms with Gasteiger partial charge in [0.1, 0.15) is 5.78 Å². The summed E-state index contributed by atoms with van der Waals surface area (Å²) in [6.45, 7) is 2.08. The Labute approximate surface area is 118 Å². The van der Waals surface area contributed by atoms with Crippen LogP contribution in [0.15, 0.2) is 42.5 Å². The molecule has 1 nitrogen and oxygen atoms in total. The Hall–Kier alpha value is -1.60. The standard InChI is InChI=1S/C17H15ClO/c1-11-6-7-12-9-13(19)10-16(15(12)8-11)14-4-2-3-5-17(14)18/h2-8,16H,9-10H2,1H3. The first-order valence-electron chi connectivity index (χ1n) is 6.50. The summed E-state index contributed by atoms with van der Waals surface area (Å²) in [6.07, 6.45) is 1.11. The summed E-state index contributed by atoms with van der Waals surface area (Å²) in [7, 11) is 0. The number of carbonyl (C=O) groups excluding carboxylic acids is 1. The zero-order valence-corrected chi connectivity index (χ0v) is 11.6. The minimum Gasteiger partial charge on any atom is -0.299 e. The van der Waals surface area contributed by atoms with Crippen LogP contribution in [0.1, 0.15) is 34.6 Å². The van der Waals surface area contributed by atoms with Crippen LogP contribution in [-0.4, -0.2) is 5.78 Å². The molecule has 1 atom stereocenters. The van der Waals surface area contributed by atoms with E-state index in [4.69, 9.17) is 11.6 Å². The number of aryl methyl sites for hydroxylation is 1. The van der Waals surface area contributed by atoms with Crippen LogP contribution in [0.4, 0.5) is 0 Å². The van der Waals surface area contributed by atoms with Gasteiger partial charge in [0.25, 0.3) is 0 Å². The number of carbonyl (C=O) groups is 1. The van der Waals surface area contributed by atoms with Gasteiger partial charge in [0, 0.05) is 23.8 Å². The highest BCUT2D eigenvalue weighted by molar-refractivity contribution is 6.31. The number of hydrogen-bond donors (Lipinski definition) is 0. The van der Waals surface area contributed by atoms with Gasteiger partial charge in [-0.3, -0.25) is 4.79 Å². The van der Waals surface area contributed by atoms with Crippen molar-refractivity contribution in [2.24, 2.45) is 0 Å². The number of fused-ring (bicyclic) bond motifs is 1. The third-order valence-electron chi connectivity index (χ3n) is 3.78. The smallest absolute Gasteiger partial charge is 0.138 e. The molecule has 0 aromatic heterocycles. The van der Waals surface area contributed by atoms with Crippen LogP contribution in [0, 0.1) is 6.92 Å². The Morgan fingerprint density at radius 2 is 1.89 bits per heavy atom. The fourth-order valence-electron chi connectivity index (χ4n) is 2.86. The quantitative estimate of drug-likeness (QED) is 0.755. The number of halogens is 1. The molecule has 2 aromatic rings. The van der Waals surface area contributed by atoms with Crippen molar-refractivity contribution in [3.63, 3.8) is 0 Å². The second-order valence-electron chi connectivity index (χ2n) is 5.20. The molecule has 0 spiro atoms. The van der Waals surface area contributed by atoms with E-state index in [9.17, 15) is 4.79 Å². The maximum absolute atomic E-state index is 12.0. The van der Waals surface area contributed by atoms with Gasteiger partial charge in [-0.15, -0.1) is 0 Å². The molecule has 0 aliphatic heterocycles. The second kappa shape index (κ2) is 4.82. The number of rotatable bonds is 1. The molecule has 0 saturated carbocycles. The molecule has 0 amide bonds. The summed E-state index contributed by atoms with van der Waals surface area (Å²) in [6, 6.07) is 14.2. The predicted octanol–water partition coefficient (Wildman–Crippen LogP) is 4.30. The Kier molecular flexibility index (Phi) is 3.16. The van der Waals surface area contributed by atoms with Crippen molar-refractivity contribution in [2.45, 2.75) is 25.7 Å². The van der Waals surface area contributed by atoms with Gasteiger partial charge in [-0.1, -0.05) is 53.6 Å². The zero-order chi connectivity index (χ0) is 13.4. The third kappa shape index (κ3) is 2.31. The average molecular weight is 271 g/mol. The van der Waals surface area contributed by atoms with Crippen molar-refractivity contribution in [1.82, 2.24) is 0 Å². The van der Waals surface area contributed by atoms with Gasteiger partial charge >= 0.3 is 0 Å². The first-order valence-corrected chi connectivity index (χ1v) is 6.88. The highest BCUT2D eigenvalue weighted by atomic mass is 35.5. The van der Waals surface area contributed by atoms with Gasteiger partial charge in [-0.2, -0.15) is 0 Å². The Morgan fingerprint density at radius 3 is 2.68 bits per heavy atom. The summed E-state index contributed by atoms with van der Waals surface area (Å²) in [5, 5.41) is 0.745. The number of hydrogen-bond acceptors (Lipinski definition) is 1. The first kappa shape index (κ1) is 12.4. The molecule has 19 heavy (non-hydrogen) atoms. The van der Waals surface area contributed by atoms with Gasteiger partial charge < -0.3 is 0 Å². The molecule has 0 bridgehead atoms. The Morgan fingerprint density at radius 1 is 1.11 bits per heavy atom. The minimum atomic E-state index is 0.102. The van der Waals surface area contributed by atoms with E-state index in [2.05, 4.69) is 25.1 Å². The molecular formula is C17H15ClO. The lowest BCUT2D eigenvalue weighted by atomic mass is 9.78. The van der Waals surface area contributed by atoms with E-state index in [0.29, 0.717) is 18.6 Å². The van der Waals surface area contributed by atoms with Crippen LogP contribution in [0.25, 0.3) is 0 Å². The summed E-state index contributed by atoms with van der Waals surface area (Å²) in [4.78, 5) is 12.0. The van der Waals surface area contributed by atoms with Crippen LogP contribution < -0.4 is 0 Å². The number of benzene rings is 2. The summed E-state index contributed by atoms with van der Waals surface area (Å²) in [5.41, 5.74) is 4.69. The molecule has 1 unspecified atom stereocenters. The monoisotopic (exact) mass is 270 g/mol. The van der Waals surface area contributed by atoms with Gasteiger partial charge in [0.15, 0.2) is 0 Å². The van der Waals surface area contributed by atoms with Crippen LogP contribution in [0.3, 0.4) is 0 Å². The Bertz CT molecular complexity index is 645. The lowest BCUT2D eigenvalue weighted by molar-refractivity contribution is -0.119. The second-order valence-corrected chi connectivity index (χ2v) is 5.60. The van der Waals surface area contributed by atoms with Crippen molar-refractivity contribution in [3.8, 4) is 0 Å². The molecule has 0 fully saturated rings. The van der Waals surface area contributed by atoms with E-state index in [-0.39, 0.29) is 5.92 Å². The van der Waals surface area contributed by atoms with E-state index in [0.717, 1.165) is 16.1 Å². The molecule has 96 valence electrons. The summed E-state index contributed by atoms with van der Waals surface area (Å²) < 4.78 is 0. The molecule has 0 heterocycles. The van der Waals surface area contributed by atoms with E-state index in [1.54, 1.807) is 0 Å². The van der Waals surface area contributed by atoms with Gasteiger partial charge in [0.2, 0.25) is 0 Å². The van der Waals surface area contributed by atoms with E-state index >= 15 is 0 Å². The van der Waals surface area contributed by atoms with Crippen molar-refractivity contribution in [3.05, 3.63) is 69.7 Å². The van der Waals surface area contributed by atoms with Crippen LogP contribution >= 0.6 is 11.6 Å². The third-order valence-corrected chi connectivity index (χ3v) is 4.12. The molecule has 3 rings (SSSR count). The van der Waals surface area contributed by atoms with Gasteiger partial charge in [0.05, 0.1) is 0 Å². The van der Waals surface area contributed by atoms with Crippen molar-refractivity contribution in [2.75, 3.05) is 0 Å². The maximum Gasteiger partial charge on any atom is 0.138 e. The number of Topliss-reactive ketones (excluding diaryl/α,β-unsaturated/α-hetero) is 1. The summed E-state index contributed by atoms with van der Waals surface area (Å²) >= 11 is 6.30. The minimum absolute atomic E-state index is 0.102. The van der Waals surface area contributed by atoms with Crippen molar-refractivity contribution in [1.29, 1.82) is 0 Å². The molecule has 0 radical (unpaired) electrons. The highest BCUT2D eigenvalue weighted by Crippen LogP contribution is 2.38. The topological polar surface area (TPSA) is 17.1 Å². The van der Waals surface area contributed by atoms with E-state index in [1.165, 1.54) is 11.1 Å². The summed E-state index contributed by atoms with van der Waals surface area (Å²) in [5.74, 6) is 0.395. The largest absolute Gasteiger partial charge is 0.299 e. The molecular weight excluding hydrogens is 256 g/mol. The van der Waals surface area contributed by atoms with Gasteiger partial charge in [-0.05, 0) is 29.7 Å². The zero-order valence-electron chi connectivity index (χ0n) is 10.8. The fraction of sp³-hybridized carbons (Fsp3) is 0.235. The molecule has 2 aromatic carbocycles. The highest BCUT2D eigenvalue weighted by Gasteiger charge is 2.27. The average Bonchev–Trinajstić information content (AvgIpc) is 2.39. The van der Waals surface area contributed by atoms with Crippen LogP contribution in [-0.2, 0) is 11.2 Å². The fourth-order valence-corrected chi connectivity index (χ4v) is 3.12. The van der Waals surface area contributed by atoms with Crippen molar-refractivity contribution < 1.29 is 4.79 Å². The lowest BCUT2D eigenvalue weighted by Crippen LogP contribution is -2.19. The maximum atomic E-state index is 12.0. The van der Waals surface area contributed by atoms with Crippen molar-refractivity contribution >= 4 is 17.4 Å². The van der Waals surface area contributed by atoms with E-state index in [1.807, 2.05) is 24.3 Å². The van der Waals surface area contributed by atoms with Crippen LogP contribution in [0.5, 0.6) is 0 Å². The Balaban J connectivity index is 2.16. The molecule has 1 aliphatic carbocycles. The van der Waals surface area contributed by atoms with Gasteiger partial charge in [-0.25, -0.2) is 0 Å². The normalized spacial score (nSPS) is 18.2. The molecule has 0 N–H and O–H groups in total. The molecule has 1 aliphatic rings. The number of ketones is 1. The SMILES string of the molecule is Cc1ccc2c(c1)C(c1ccccc1Cl)CC(=O)C2. The van der Waals surface area contributed by atoms with E-state index < -0.39 is 0 Å². The molecule has 2 heteroatoms. The molecule has 0 saturated heterocycles. The predicted molar refractivity (Wildman–Crippen MR) is 77.8 cm³/mol. The first-order chi connectivity index (χ1) is 9.15. The van der Waals surface area contributed by atoms with Crippen LogP contribution in [0.2, 0.25) is 5.02 Å². The lowest BCUT2D eigenvalue weighted by Gasteiger charge is -2.26.